The third-order valence-corrected chi connectivity index (χ3v) is 6.57. The van der Waals surface area contributed by atoms with E-state index >= 15 is 0 Å². The molecule has 158 valence electrons. The fourth-order valence-corrected chi connectivity index (χ4v) is 4.70. The molecule has 2 fully saturated rings. The number of halogens is 1. The number of amides is 1. The first kappa shape index (κ1) is 19.4. The number of nitrogens with zero attached hydrogens (tertiary/aromatic N) is 3. The van der Waals surface area contributed by atoms with E-state index in [-0.39, 0.29) is 29.1 Å². The summed E-state index contributed by atoms with van der Waals surface area (Å²) in [5, 5.41) is 0. The Hall–Kier alpha value is -2.54. The van der Waals surface area contributed by atoms with Gasteiger partial charge in [-0.15, -0.1) is 0 Å². The minimum atomic E-state index is -0.176. The molecule has 1 aromatic heterocycles. The molecule has 6 nitrogen and oxygen atoms in total. The van der Waals surface area contributed by atoms with E-state index in [1.165, 1.54) is 6.07 Å². The third kappa shape index (κ3) is 3.90. The van der Waals surface area contributed by atoms with Crippen LogP contribution < -0.4 is 5.56 Å². The first-order valence-corrected chi connectivity index (χ1v) is 10.9. The Morgan fingerprint density at radius 3 is 2.83 bits per heavy atom. The van der Waals surface area contributed by atoms with Gasteiger partial charge in [0, 0.05) is 43.5 Å². The van der Waals surface area contributed by atoms with Gasteiger partial charge in [-0.3, -0.25) is 14.5 Å². The molecule has 0 bridgehead atoms. The van der Waals surface area contributed by atoms with Crippen molar-refractivity contribution >= 4 is 5.91 Å². The Labute approximate surface area is 175 Å². The van der Waals surface area contributed by atoms with Crippen molar-refractivity contribution in [2.75, 3.05) is 19.6 Å². The lowest BCUT2D eigenvalue weighted by Gasteiger charge is -2.33. The highest BCUT2D eigenvalue weighted by Gasteiger charge is 2.35. The number of carbonyl (C=O) groups excluding carboxylic acids is 1. The second-order valence-corrected chi connectivity index (χ2v) is 8.83. The fraction of sp³-hybridized carbons (Fsp3) is 0.522. The lowest BCUT2D eigenvalue weighted by atomic mass is 9.96. The Morgan fingerprint density at radius 2 is 2.03 bits per heavy atom. The SMILES string of the molecule is O=C(C1CC1)N1CCc2nc(C3CCCN(Cc4ccccc4F)C3)[nH]c(=O)c2C1. The number of hydrogen-bond acceptors (Lipinski definition) is 4. The number of nitrogens with one attached hydrogen (secondary N) is 1. The van der Waals surface area contributed by atoms with E-state index in [9.17, 15) is 14.0 Å². The van der Waals surface area contributed by atoms with Crippen LogP contribution in [-0.2, 0) is 24.3 Å². The summed E-state index contributed by atoms with van der Waals surface area (Å²) < 4.78 is 14.0. The van der Waals surface area contributed by atoms with E-state index in [1.807, 2.05) is 17.0 Å². The number of H-pyrrole nitrogens is 1. The molecule has 1 unspecified atom stereocenters. The van der Waals surface area contributed by atoms with Crippen LogP contribution in [0.2, 0.25) is 0 Å². The predicted octanol–water partition coefficient (Wildman–Crippen LogP) is 2.58. The van der Waals surface area contributed by atoms with E-state index in [0.717, 1.165) is 50.3 Å². The predicted molar refractivity (Wildman–Crippen MR) is 110 cm³/mol. The standard InChI is InChI=1S/C23H27FN4O2/c24-19-6-2-1-4-16(19)12-27-10-3-5-17(13-27)21-25-20-9-11-28(23(30)15-7-8-15)14-18(20)22(29)26-21/h1-2,4,6,15,17H,3,5,7-14H2,(H,25,26,29). The summed E-state index contributed by atoms with van der Waals surface area (Å²) in [5.41, 5.74) is 2.05. The molecule has 1 N–H and O–H groups in total. The maximum atomic E-state index is 14.0. The van der Waals surface area contributed by atoms with Crippen LogP contribution in [0.15, 0.2) is 29.1 Å². The normalized spacial score (nSPS) is 22.0. The summed E-state index contributed by atoms with van der Waals surface area (Å²) in [7, 11) is 0. The number of aromatic amines is 1. The van der Waals surface area contributed by atoms with Gasteiger partial charge in [0.25, 0.3) is 5.56 Å². The number of piperidine rings is 1. The number of aromatic nitrogens is 2. The van der Waals surface area contributed by atoms with Crippen LogP contribution in [0, 0.1) is 11.7 Å². The lowest BCUT2D eigenvalue weighted by Crippen LogP contribution is -2.41. The molecule has 1 atom stereocenters. The second-order valence-electron chi connectivity index (χ2n) is 8.83. The second kappa shape index (κ2) is 7.95. The van der Waals surface area contributed by atoms with Gasteiger partial charge in [-0.2, -0.15) is 0 Å². The average molecular weight is 410 g/mol. The Kier molecular flexibility index (Phi) is 5.15. The van der Waals surface area contributed by atoms with Crippen molar-refractivity contribution in [3.8, 4) is 0 Å². The van der Waals surface area contributed by atoms with Crippen molar-refractivity contribution in [3.05, 3.63) is 63.1 Å². The minimum absolute atomic E-state index is 0.116. The largest absolute Gasteiger partial charge is 0.337 e. The topological polar surface area (TPSA) is 69.3 Å². The minimum Gasteiger partial charge on any atom is -0.337 e. The zero-order valence-electron chi connectivity index (χ0n) is 17.1. The van der Waals surface area contributed by atoms with Crippen LogP contribution in [0.25, 0.3) is 0 Å². The Morgan fingerprint density at radius 1 is 1.20 bits per heavy atom. The molecule has 3 heterocycles. The molecule has 1 saturated carbocycles. The first-order chi connectivity index (χ1) is 14.6. The van der Waals surface area contributed by atoms with E-state index < -0.39 is 0 Å². The molecule has 2 aromatic rings. The van der Waals surface area contributed by atoms with Crippen LogP contribution in [0.3, 0.4) is 0 Å². The van der Waals surface area contributed by atoms with Gasteiger partial charge in [0.1, 0.15) is 11.6 Å². The summed E-state index contributed by atoms with van der Waals surface area (Å²) in [6.45, 7) is 3.25. The molecule has 0 spiro atoms. The molecule has 7 heteroatoms. The quantitative estimate of drug-likeness (QED) is 0.841. The maximum Gasteiger partial charge on any atom is 0.256 e. The van der Waals surface area contributed by atoms with Crippen LogP contribution >= 0.6 is 0 Å². The Bertz CT molecular complexity index is 1020. The highest BCUT2D eigenvalue weighted by molar-refractivity contribution is 5.81. The summed E-state index contributed by atoms with van der Waals surface area (Å²) in [4.78, 5) is 37.0. The molecule has 1 aromatic carbocycles. The molecule has 1 aliphatic carbocycles. The molecule has 30 heavy (non-hydrogen) atoms. The molecule has 1 amide bonds. The molecular weight excluding hydrogens is 383 g/mol. The van der Waals surface area contributed by atoms with Crippen molar-refractivity contribution in [3.63, 3.8) is 0 Å². The zero-order chi connectivity index (χ0) is 20.7. The summed E-state index contributed by atoms with van der Waals surface area (Å²) in [5.74, 6) is 1.04. The smallest absolute Gasteiger partial charge is 0.256 e. The molecule has 1 saturated heterocycles. The fourth-order valence-electron chi connectivity index (χ4n) is 4.70. The first-order valence-electron chi connectivity index (χ1n) is 10.9. The lowest BCUT2D eigenvalue weighted by molar-refractivity contribution is -0.133. The highest BCUT2D eigenvalue weighted by atomic mass is 19.1. The number of hydrogen-bond donors (Lipinski definition) is 1. The molecule has 5 rings (SSSR count). The average Bonchev–Trinajstić information content (AvgIpc) is 3.60. The van der Waals surface area contributed by atoms with Crippen molar-refractivity contribution in [2.24, 2.45) is 5.92 Å². The number of rotatable bonds is 4. The van der Waals surface area contributed by atoms with Gasteiger partial charge < -0.3 is 9.88 Å². The molecular formula is C23H27FN4O2. The number of fused-ring (bicyclic) bond motifs is 1. The van der Waals surface area contributed by atoms with Crippen molar-refractivity contribution in [2.45, 2.75) is 51.1 Å². The van der Waals surface area contributed by atoms with E-state index in [2.05, 4.69) is 9.88 Å². The third-order valence-electron chi connectivity index (χ3n) is 6.57. The van der Waals surface area contributed by atoms with Gasteiger partial charge >= 0.3 is 0 Å². The molecule has 3 aliphatic rings. The maximum absolute atomic E-state index is 14.0. The van der Waals surface area contributed by atoms with Gasteiger partial charge in [-0.05, 0) is 38.3 Å². The van der Waals surface area contributed by atoms with Crippen molar-refractivity contribution in [1.82, 2.24) is 19.8 Å². The molecule has 2 aliphatic heterocycles. The van der Waals surface area contributed by atoms with Gasteiger partial charge in [-0.25, -0.2) is 9.37 Å². The van der Waals surface area contributed by atoms with E-state index in [4.69, 9.17) is 4.98 Å². The van der Waals surface area contributed by atoms with Crippen LogP contribution in [-0.4, -0.2) is 45.3 Å². The van der Waals surface area contributed by atoms with Gasteiger partial charge in [0.05, 0.1) is 17.8 Å². The summed E-state index contributed by atoms with van der Waals surface area (Å²) in [6, 6.07) is 6.89. The number of benzene rings is 1. The number of carbonyl (C=O) groups is 1. The number of likely N-dealkylation sites (tertiary alicyclic amines) is 1. The van der Waals surface area contributed by atoms with E-state index in [1.54, 1.807) is 6.07 Å². The van der Waals surface area contributed by atoms with Gasteiger partial charge in [0.2, 0.25) is 5.91 Å². The van der Waals surface area contributed by atoms with Crippen LogP contribution in [0.4, 0.5) is 4.39 Å². The molecule has 0 radical (unpaired) electrons. The summed E-state index contributed by atoms with van der Waals surface area (Å²) in [6.07, 6.45) is 4.53. The summed E-state index contributed by atoms with van der Waals surface area (Å²) >= 11 is 0. The highest BCUT2D eigenvalue weighted by Crippen LogP contribution is 2.32. The van der Waals surface area contributed by atoms with E-state index in [0.29, 0.717) is 37.2 Å². The Balaban J connectivity index is 1.31. The van der Waals surface area contributed by atoms with Crippen LogP contribution in [0.5, 0.6) is 0 Å². The monoisotopic (exact) mass is 410 g/mol. The van der Waals surface area contributed by atoms with Gasteiger partial charge in [-0.1, -0.05) is 18.2 Å². The van der Waals surface area contributed by atoms with Crippen molar-refractivity contribution < 1.29 is 9.18 Å². The van der Waals surface area contributed by atoms with Crippen molar-refractivity contribution in [1.29, 1.82) is 0 Å². The van der Waals surface area contributed by atoms with Crippen LogP contribution in [0.1, 0.15) is 54.2 Å². The zero-order valence-corrected chi connectivity index (χ0v) is 17.1. The van der Waals surface area contributed by atoms with Gasteiger partial charge in [0.15, 0.2) is 0 Å².